The lowest BCUT2D eigenvalue weighted by Gasteiger charge is -2.31. The lowest BCUT2D eigenvalue weighted by molar-refractivity contribution is -0.0346. The van der Waals surface area contributed by atoms with Gasteiger partial charge in [-0.05, 0) is 0 Å². The van der Waals surface area contributed by atoms with Crippen molar-refractivity contribution in [3.8, 4) is 5.88 Å². The van der Waals surface area contributed by atoms with E-state index >= 15 is 0 Å². The van der Waals surface area contributed by atoms with Crippen LogP contribution in [-0.4, -0.2) is 58.3 Å². The van der Waals surface area contributed by atoms with Crippen LogP contribution in [0.4, 0.5) is 4.79 Å². The molecule has 0 aromatic carbocycles. The second-order valence-corrected chi connectivity index (χ2v) is 5.15. The maximum atomic E-state index is 11.2. The molecule has 2 aromatic heterocycles. The van der Waals surface area contributed by atoms with E-state index in [1.165, 1.54) is 4.90 Å². The molecule has 1 aliphatic rings. The molecule has 0 unspecified atom stereocenters. The zero-order chi connectivity index (χ0) is 15.5. The molecule has 1 aliphatic heterocycles. The number of urea groups is 1. The van der Waals surface area contributed by atoms with E-state index in [2.05, 4.69) is 15.0 Å². The Hall–Kier alpha value is -2.19. The predicted molar refractivity (Wildman–Crippen MR) is 78.7 cm³/mol. The molecule has 2 aromatic rings. The number of carbonyl (C=O) groups excluding carboxylic acids is 1. The number of nitrogens with zero attached hydrogens (tertiary/aromatic N) is 4. The first kappa shape index (κ1) is 14.7. The molecule has 3 heterocycles. The highest BCUT2D eigenvalue weighted by Gasteiger charge is 2.23. The molecule has 3 rings (SSSR count). The van der Waals surface area contributed by atoms with Crippen LogP contribution >= 0.6 is 11.6 Å². The van der Waals surface area contributed by atoms with Crippen molar-refractivity contribution in [1.82, 2.24) is 19.9 Å². The van der Waals surface area contributed by atoms with Gasteiger partial charge in [0.1, 0.15) is 17.9 Å². The van der Waals surface area contributed by atoms with Gasteiger partial charge < -0.3 is 20.1 Å². The molecule has 0 saturated carbocycles. The van der Waals surface area contributed by atoms with E-state index in [0.29, 0.717) is 30.7 Å². The van der Waals surface area contributed by atoms with Crippen LogP contribution in [-0.2, 0) is 4.74 Å². The summed E-state index contributed by atoms with van der Waals surface area (Å²) >= 11 is 5.95. The molecule has 8 nitrogen and oxygen atoms in total. The van der Waals surface area contributed by atoms with Crippen molar-refractivity contribution in [2.75, 3.05) is 26.3 Å². The van der Waals surface area contributed by atoms with E-state index < -0.39 is 6.03 Å². The van der Waals surface area contributed by atoms with Crippen molar-refractivity contribution in [1.29, 1.82) is 0 Å². The molecule has 0 spiro atoms. The van der Waals surface area contributed by atoms with Crippen LogP contribution in [0.5, 0.6) is 5.88 Å². The number of hydrogen-bond acceptors (Lipinski definition) is 6. The molecule has 116 valence electrons. The molecule has 0 bridgehead atoms. The number of rotatable bonds is 3. The minimum Gasteiger partial charge on any atom is -0.473 e. The van der Waals surface area contributed by atoms with Gasteiger partial charge in [0.05, 0.1) is 18.7 Å². The number of amides is 2. The Balaban J connectivity index is 1.72. The molecular weight excluding hydrogens is 310 g/mol. The van der Waals surface area contributed by atoms with Crippen molar-refractivity contribution >= 4 is 28.7 Å². The fraction of sp³-hybridized carbons (Fsp3) is 0.385. The third kappa shape index (κ3) is 3.18. The van der Waals surface area contributed by atoms with Gasteiger partial charge in [0.25, 0.3) is 0 Å². The second-order valence-electron chi connectivity index (χ2n) is 4.76. The van der Waals surface area contributed by atoms with Gasteiger partial charge in [-0.15, -0.1) is 0 Å². The summed E-state index contributed by atoms with van der Waals surface area (Å²) in [5, 5.41) is 0.270. The molecule has 1 saturated heterocycles. The number of primary amides is 1. The third-order valence-electron chi connectivity index (χ3n) is 3.25. The Kier molecular flexibility index (Phi) is 4.21. The number of morpholine rings is 1. The molecule has 0 radical (unpaired) electrons. The maximum absolute atomic E-state index is 11.2. The number of hydrogen-bond donors (Lipinski definition) is 1. The van der Waals surface area contributed by atoms with Crippen molar-refractivity contribution < 1.29 is 14.3 Å². The molecular formula is C13H14ClN5O3. The molecule has 1 fully saturated rings. The van der Waals surface area contributed by atoms with Crippen LogP contribution < -0.4 is 10.5 Å². The lowest BCUT2D eigenvalue weighted by atomic mass is 10.3. The van der Waals surface area contributed by atoms with Gasteiger partial charge in [-0.1, -0.05) is 11.6 Å². The minimum atomic E-state index is -0.467. The monoisotopic (exact) mass is 323 g/mol. The van der Waals surface area contributed by atoms with Crippen LogP contribution in [0, 0.1) is 0 Å². The summed E-state index contributed by atoms with van der Waals surface area (Å²) in [5.41, 5.74) is 6.39. The average Bonchev–Trinajstić information content (AvgIpc) is 2.52. The van der Waals surface area contributed by atoms with Crippen LogP contribution in [0.15, 0.2) is 18.5 Å². The highest BCUT2D eigenvalue weighted by atomic mass is 35.5. The molecule has 0 aliphatic carbocycles. The number of pyridine rings is 1. The van der Waals surface area contributed by atoms with E-state index in [9.17, 15) is 4.79 Å². The molecule has 2 N–H and O–H groups in total. The Labute approximate surface area is 131 Å². The zero-order valence-corrected chi connectivity index (χ0v) is 12.4. The normalized spacial score (nSPS) is 18.4. The number of fused-ring (bicyclic) bond motifs is 1. The van der Waals surface area contributed by atoms with E-state index in [1.54, 1.807) is 18.5 Å². The summed E-state index contributed by atoms with van der Waals surface area (Å²) in [6, 6.07) is 1.15. The summed E-state index contributed by atoms with van der Waals surface area (Å²) < 4.78 is 11.2. The van der Waals surface area contributed by atoms with Gasteiger partial charge >= 0.3 is 6.03 Å². The van der Waals surface area contributed by atoms with E-state index in [-0.39, 0.29) is 23.7 Å². The molecule has 2 amide bonds. The van der Waals surface area contributed by atoms with Crippen molar-refractivity contribution in [2.24, 2.45) is 5.73 Å². The molecule has 22 heavy (non-hydrogen) atoms. The van der Waals surface area contributed by atoms with E-state index in [4.69, 9.17) is 26.8 Å². The fourth-order valence-corrected chi connectivity index (χ4v) is 2.39. The van der Waals surface area contributed by atoms with Gasteiger partial charge in [0.2, 0.25) is 5.88 Å². The highest BCUT2D eigenvalue weighted by molar-refractivity contribution is 6.30. The van der Waals surface area contributed by atoms with Gasteiger partial charge in [0.15, 0.2) is 5.52 Å². The number of halogens is 1. The maximum Gasteiger partial charge on any atom is 0.314 e. The minimum absolute atomic E-state index is 0.211. The van der Waals surface area contributed by atoms with Gasteiger partial charge in [-0.25, -0.2) is 9.78 Å². The Bertz CT molecular complexity index is 698. The van der Waals surface area contributed by atoms with Crippen molar-refractivity contribution in [3.05, 3.63) is 23.6 Å². The standard InChI is InChI=1S/C13H14ClN5O3/c14-10-5-9-11(17-2-1-16-9)12(18-10)22-7-8-6-19(13(15)20)3-4-21-8/h1-2,5,8H,3-4,6-7H2,(H2,15,20)/t8-/m0/s1. The second kappa shape index (κ2) is 6.29. The first-order chi connectivity index (χ1) is 10.6. The first-order valence-electron chi connectivity index (χ1n) is 6.69. The van der Waals surface area contributed by atoms with E-state index in [0.717, 1.165) is 0 Å². The number of aromatic nitrogens is 3. The Morgan fingerprint density at radius 1 is 1.50 bits per heavy atom. The average molecular weight is 324 g/mol. The van der Waals surface area contributed by atoms with Crippen molar-refractivity contribution in [2.45, 2.75) is 6.10 Å². The van der Waals surface area contributed by atoms with Gasteiger partial charge in [-0.3, -0.25) is 4.98 Å². The van der Waals surface area contributed by atoms with Crippen molar-refractivity contribution in [3.63, 3.8) is 0 Å². The number of nitrogens with two attached hydrogens (primary N) is 1. The summed E-state index contributed by atoms with van der Waals surface area (Å²) in [6.07, 6.45) is 2.84. The Morgan fingerprint density at radius 2 is 2.32 bits per heavy atom. The number of carbonyl (C=O) groups is 1. The SMILES string of the molecule is NC(=O)N1CCO[C@H](COc2nc(Cl)cc3nccnc23)C1. The third-order valence-corrected chi connectivity index (χ3v) is 3.44. The van der Waals surface area contributed by atoms with E-state index in [1.807, 2.05) is 0 Å². The fourth-order valence-electron chi connectivity index (χ4n) is 2.21. The molecule has 1 atom stereocenters. The first-order valence-corrected chi connectivity index (χ1v) is 7.07. The summed E-state index contributed by atoms with van der Waals surface area (Å²) in [7, 11) is 0. The van der Waals surface area contributed by atoms with Crippen LogP contribution in [0.2, 0.25) is 5.15 Å². The molecule has 9 heteroatoms. The Morgan fingerprint density at radius 3 is 3.14 bits per heavy atom. The van der Waals surface area contributed by atoms with Crippen LogP contribution in [0.1, 0.15) is 0 Å². The largest absolute Gasteiger partial charge is 0.473 e. The van der Waals surface area contributed by atoms with Crippen LogP contribution in [0.25, 0.3) is 11.0 Å². The van der Waals surface area contributed by atoms with Gasteiger partial charge in [-0.2, -0.15) is 4.98 Å². The summed E-state index contributed by atoms with van der Waals surface area (Å²) in [6.45, 7) is 1.48. The quantitative estimate of drug-likeness (QED) is 0.839. The number of ether oxygens (including phenoxy) is 2. The smallest absolute Gasteiger partial charge is 0.314 e. The summed E-state index contributed by atoms with van der Waals surface area (Å²) in [4.78, 5) is 25.2. The predicted octanol–water partition coefficient (Wildman–Crippen LogP) is 0.837. The zero-order valence-electron chi connectivity index (χ0n) is 11.6. The van der Waals surface area contributed by atoms with Crippen LogP contribution in [0.3, 0.4) is 0 Å². The summed E-state index contributed by atoms with van der Waals surface area (Å²) in [5.74, 6) is 0.287. The lowest BCUT2D eigenvalue weighted by Crippen LogP contribution is -2.49. The highest BCUT2D eigenvalue weighted by Crippen LogP contribution is 2.23. The van der Waals surface area contributed by atoms with Gasteiger partial charge in [0, 0.05) is 25.0 Å². The topological polar surface area (TPSA) is 103 Å².